The molecule has 7 heteroatoms. The Morgan fingerprint density at radius 1 is 1.17 bits per heavy atom. The normalized spacial score (nSPS) is 11.7. The molecule has 0 amide bonds. The average Bonchev–Trinajstić information content (AvgIpc) is 3.11. The third kappa shape index (κ3) is 3.29. The fourth-order valence-electron chi connectivity index (χ4n) is 2.19. The Morgan fingerprint density at radius 2 is 1.91 bits per heavy atom. The van der Waals surface area contributed by atoms with Crippen LogP contribution in [0.15, 0.2) is 35.4 Å². The fraction of sp³-hybridized carbons (Fsp3) is 0.250. The second-order valence-corrected chi connectivity index (χ2v) is 6.05. The van der Waals surface area contributed by atoms with E-state index >= 15 is 0 Å². The summed E-state index contributed by atoms with van der Waals surface area (Å²) in [7, 11) is 0. The van der Waals surface area contributed by atoms with Gasteiger partial charge in [0.15, 0.2) is 0 Å². The van der Waals surface area contributed by atoms with E-state index < -0.39 is 0 Å². The lowest BCUT2D eigenvalue weighted by atomic mass is 10.0. The monoisotopic (exact) mass is 326 g/mol. The lowest BCUT2D eigenvalue weighted by Crippen LogP contribution is -1.95. The summed E-state index contributed by atoms with van der Waals surface area (Å²) in [6.07, 6.45) is 1.76. The standard InChI is InChI=1S/C16H18N6S/c1-10(2)13-6-4-12(5-7-13)9-17-22-15(20-21-16(22)23)14-8-11(3)18-19-14/h4-10H,1-3H3,(H,18,19)(H,21,23)/b17-9+. The molecule has 3 rings (SSSR count). The van der Waals surface area contributed by atoms with E-state index in [-0.39, 0.29) is 0 Å². The van der Waals surface area contributed by atoms with E-state index in [1.54, 1.807) is 10.9 Å². The van der Waals surface area contributed by atoms with Crippen LogP contribution in [0.3, 0.4) is 0 Å². The Labute approximate surface area is 139 Å². The maximum Gasteiger partial charge on any atom is 0.216 e. The molecule has 2 heterocycles. The number of nitrogens with zero attached hydrogens (tertiary/aromatic N) is 4. The molecular formula is C16H18N6S. The second-order valence-electron chi connectivity index (χ2n) is 5.67. The van der Waals surface area contributed by atoms with Crippen LogP contribution in [0.5, 0.6) is 0 Å². The third-order valence-electron chi connectivity index (χ3n) is 3.51. The van der Waals surface area contributed by atoms with Crippen molar-refractivity contribution in [1.29, 1.82) is 0 Å². The van der Waals surface area contributed by atoms with Gasteiger partial charge in [-0.05, 0) is 42.3 Å². The molecule has 0 atom stereocenters. The number of aryl methyl sites for hydroxylation is 1. The molecular weight excluding hydrogens is 308 g/mol. The minimum Gasteiger partial charge on any atom is -0.282 e. The van der Waals surface area contributed by atoms with Gasteiger partial charge < -0.3 is 0 Å². The molecule has 0 aliphatic rings. The van der Waals surface area contributed by atoms with Gasteiger partial charge in [0, 0.05) is 5.69 Å². The number of hydrogen-bond acceptors (Lipinski definition) is 4. The molecule has 0 saturated carbocycles. The van der Waals surface area contributed by atoms with Crippen molar-refractivity contribution in [3.8, 4) is 11.5 Å². The summed E-state index contributed by atoms with van der Waals surface area (Å²) in [5.41, 5.74) is 3.95. The van der Waals surface area contributed by atoms with Gasteiger partial charge in [0.25, 0.3) is 0 Å². The van der Waals surface area contributed by atoms with Crippen LogP contribution >= 0.6 is 12.2 Å². The third-order valence-corrected chi connectivity index (χ3v) is 3.78. The minimum absolute atomic E-state index is 0.427. The van der Waals surface area contributed by atoms with Crippen LogP contribution in [0.2, 0.25) is 0 Å². The number of rotatable bonds is 4. The van der Waals surface area contributed by atoms with Crippen LogP contribution in [0.25, 0.3) is 11.5 Å². The lowest BCUT2D eigenvalue weighted by Gasteiger charge is -2.04. The molecule has 0 aliphatic carbocycles. The van der Waals surface area contributed by atoms with Crippen molar-refractivity contribution in [3.63, 3.8) is 0 Å². The Kier molecular flexibility index (Phi) is 4.20. The number of hydrogen-bond donors (Lipinski definition) is 2. The second kappa shape index (κ2) is 6.29. The summed E-state index contributed by atoms with van der Waals surface area (Å²) < 4.78 is 2.00. The molecule has 23 heavy (non-hydrogen) atoms. The van der Waals surface area contributed by atoms with E-state index in [0.29, 0.717) is 22.2 Å². The van der Waals surface area contributed by atoms with E-state index in [9.17, 15) is 0 Å². The van der Waals surface area contributed by atoms with E-state index in [0.717, 1.165) is 11.3 Å². The number of nitrogens with one attached hydrogen (secondary N) is 2. The van der Waals surface area contributed by atoms with Gasteiger partial charge in [-0.25, -0.2) is 5.10 Å². The lowest BCUT2D eigenvalue weighted by molar-refractivity contribution is 0.863. The summed E-state index contributed by atoms with van der Waals surface area (Å²) in [5.74, 6) is 1.09. The topological polar surface area (TPSA) is 74.7 Å². The van der Waals surface area contributed by atoms with E-state index in [1.165, 1.54) is 5.56 Å². The Balaban J connectivity index is 1.91. The zero-order valence-electron chi connectivity index (χ0n) is 13.2. The first-order chi connectivity index (χ1) is 11.0. The quantitative estimate of drug-likeness (QED) is 0.568. The fourth-order valence-corrected chi connectivity index (χ4v) is 2.37. The van der Waals surface area contributed by atoms with Crippen LogP contribution in [-0.2, 0) is 0 Å². The SMILES string of the molecule is Cc1cc(-c2n[nH]c(=S)n2/N=C/c2ccc(C(C)C)cc2)n[nH]1. The zero-order chi connectivity index (χ0) is 16.4. The number of aromatic amines is 2. The number of benzene rings is 1. The highest BCUT2D eigenvalue weighted by atomic mass is 32.1. The highest BCUT2D eigenvalue weighted by Crippen LogP contribution is 2.16. The highest BCUT2D eigenvalue weighted by molar-refractivity contribution is 7.71. The molecule has 1 aromatic carbocycles. The molecule has 0 radical (unpaired) electrons. The maximum atomic E-state index is 5.24. The summed E-state index contributed by atoms with van der Waals surface area (Å²) in [6.45, 7) is 6.28. The first-order valence-corrected chi connectivity index (χ1v) is 7.79. The van der Waals surface area contributed by atoms with E-state index in [2.05, 4.69) is 51.5 Å². The summed E-state index contributed by atoms with van der Waals surface area (Å²) in [6, 6.07) is 10.2. The van der Waals surface area contributed by atoms with Crippen molar-refractivity contribution < 1.29 is 0 Å². The van der Waals surface area contributed by atoms with Crippen LogP contribution in [0.1, 0.15) is 36.6 Å². The number of aromatic nitrogens is 5. The van der Waals surface area contributed by atoms with Crippen molar-refractivity contribution in [2.24, 2.45) is 5.10 Å². The van der Waals surface area contributed by atoms with Gasteiger partial charge in [0.2, 0.25) is 10.6 Å². The van der Waals surface area contributed by atoms with Gasteiger partial charge in [-0.3, -0.25) is 5.10 Å². The molecule has 0 fully saturated rings. The molecule has 0 bridgehead atoms. The van der Waals surface area contributed by atoms with Gasteiger partial charge in [-0.15, -0.1) is 0 Å². The zero-order valence-corrected chi connectivity index (χ0v) is 14.1. The molecule has 0 aliphatic heterocycles. The van der Waals surface area contributed by atoms with E-state index in [1.807, 2.05) is 25.1 Å². The summed E-state index contributed by atoms with van der Waals surface area (Å²) >= 11 is 5.24. The molecule has 0 saturated heterocycles. The molecule has 2 aromatic heterocycles. The Bertz CT molecular complexity index is 882. The Hall–Kier alpha value is -2.54. The highest BCUT2D eigenvalue weighted by Gasteiger charge is 2.10. The van der Waals surface area contributed by atoms with Crippen molar-refractivity contribution in [2.75, 3.05) is 0 Å². The van der Waals surface area contributed by atoms with Crippen molar-refractivity contribution in [3.05, 3.63) is 51.9 Å². The first kappa shape index (κ1) is 15.4. The van der Waals surface area contributed by atoms with Crippen LogP contribution in [0, 0.1) is 11.7 Å². The summed E-state index contributed by atoms with van der Waals surface area (Å²) in [4.78, 5) is 0. The van der Waals surface area contributed by atoms with Gasteiger partial charge in [0.05, 0.1) is 6.21 Å². The van der Waals surface area contributed by atoms with Crippen LogP contribution < -0.4 is 0 Å². The Morgan fingerprint density at radius 3 is 2.52 bits per heavy atom. The number of H-pyrrole nitrogens is 2. The van der Waals surface area contributed by atoms with Crippen molar-refractivity contribution in [2.45, 2.75) is 26.7 Å². The van der Waals surface area contributed by atoms with Crippen LogP contribution in [-0.4, -0.2) is 31.3 Å². The molecule has 0 unspecified atom stereocenters. The smallest absolute Gasteiger partial charge is 0.216 e. The maximum absolute atomic E-state index is 5.24. The molecule has 6 nitrogen and oxygen atoms in total. The molecule has 0 spiro atoms. The van der Waals surface area contributed by atoms with Gasteiger partial charge in [-0.1, -0.05) is 38.1 Å². The average molecular weight is 326 g/mol. The molecule has 118 valence electrons. The molecule has 3 aromatic rings. The van der Waals surface area contributed by atoms with Gasteiger partial charge >= 0.3 is 0 Å². The largest absolute Gasteiger partial charge is 0.282 e. The van der Waals surface area contributed by atoms with Crippen molar-refractivity contribution in [1.82, 2.24) is 25.1 Å². The minimum atomic E-state index is 0.427. The predicted octanol–water partition coefficient (Wildman–Crippen LogP) is 3.64. The van der Waals surface area contributed by atoms with Gasteiger partial charge in [-0.2, -0.15) is 20.0 Å². The summed E-state index contributed by atoms with van der Waals surface area (Å²) in [5, 5.41) is 18.5. The van der Waals surface area contributed by atoms with E-state index in [4.69, 9.17) is 12.2 Å². The van der Waals surface area contributed by atoms with Crippen LogP contribution in [0.4, 0.5) is 0 Å². The molecule has 2 N–H and O–H groups in total. The predicted molar refractivity (Wildman–Crippen MR) is 93.3 cm³/mol. The van der Waals surface area contributed by atoms with Gasteiger partial charge in [0.1, 0.15) is 5.69 Å². The van der Waals surface area contributed by atoms with Crippen molar-refractivity contribution >= 4 is 18.4 Å². The first-order valence-electron chi connectivity index (χ1n) is 7.38.